The molecule has 0 aliphatic carbocycles. The van der Waals surface area contributed by atoms with Crippen molar-refractivity contribution in [2.75, 3.05) is 12.4 Å². The van der Waals surface area contributed by atoms with Crippen molar-refractivity contribution >= 4 is 34.1 Å². The highest BCUT2D eigenvalue weighted by molar-refractivity contribution is 7.13. The van der Waals surface area contributed by atoms with E-state index in [2.05, 4.69) is 31.4 Å². The van der Waals surface area contributed by atoms with Gasteiger partial charge in [0.2, 0.25) is 5.95 Å². The topological polar surface area (TPSA) is 70.9 Å². The highest BCUT2D eigenvalue weighted by atomic mass is 32.1. The summed E-state index contributed by atoms with van der Waals surface area (Å²) in [4.78, 5) is 13.2. The summed E-state index contributed by atoms with van der Waals surface area (Å²) >= 11 is 1.62. The van der Waals surface area contributed by atoms with Crippen LogP contribution in [0.2, 0.25) is 0 Å². The first-order valence-corrected chi connectivity index (χ1v) is 6.69. The predicted octanol–water partition coefficient (Wildman–Crippen LogP) is 2.38. The summed E-state index contributed by atoms with van der Waals surface area (Å²) in [6, 6.07) is 6.12. The van der Waals surface area contributed by atoms with E-state index in [0.29, 0.717) is 11.7 Å². The summed E-state index contributed by atoms with van der Waals surface area (Å²) in [5.41, 5.74) is 3.00. The van der Waals surface area contributed by atoms with Crippen LogP contribution in [0.5, 0.6) is 0 Å². The lowest BCUT2D eigenvalue weighted by Gasteiger charge is -1.96. The van der Waals surface area contributed by atoms with E-state index in [0.717, 1.165) is 21.6 Å². The Kier molecular flexibility index (Phi) is 2.10. The molecule has 1 aromatic carbocycles. The average molecular weight is 270 g/mol. The quantitative estimate of drug-likeness (QED) is 0.586. The lowest BCUT2D eigenvalue weighted by molar-refractivity contribution is 1.01. The first-order valence-electron chi connectivity index (χ1n) is 5.81. The van der Waals surface area contributed by atoms with Gasteiger partial charge in [-0.25, -0.2) is 14.5 Å². The third kappa shape index (κ3) is 1.52. The molecule has 0 saturated heterocycles. The van der Waals surface area contributed by atoms with Crippen molar-refractivity contribution in [2.45, 2.75) is 0 Å². The molecule has 3 heterocycles. The van der Waals surface area contributed by atoms with E-state index in [1.54, 1.807) is 11.3 Å². The molecule has 2 N–H and O–H groups in total. The van der Waals surface area contributed by atoms with Crippen LogP contribution in [0.3, 0.4) is 0 Å². The van der Waals surface area contributed by atoms with Crippen LogP contribution < -0.4 is 5.32 Å². The summed E-state index contributed by atoms with van der Waals surface area (Å²) < 4.78 is 1.87. The van der Waals surface area contributed by atoms with Gasteiger partial charge in [0.25, 0.3) is 5.78 Å². The van der Waals surface area contributed by atoms with Gasteiger partial charge in [0, 0.05) is 24.2 Å². The van der Waals surface area contributed by atoms with Crippen LogP contribution in [0.25, 0.3) is 27.4 Å². The van der Waals surface area contributed by atoms with E-state index < -0.39 is 0 Å². The van der Waals surface area contributed by atoms with E-state index in [1.807, 2.05) is 35.3 Å². The summed E-state index contributed by atoms with van der Waals surface area (Å²) in [7, 11) is 1.82. The highest BCUT2D eigenvalue weighted by Crippen LogP contribution is 2.26. The summed E-state index contributed by atoms with van der Waals surface area (Å²) in [6.45, 7) is 0. The summed E-state index contributed by atoms with van der Waals surface area (Å²) in [5, 5.41) is 9.08. The molecule has 0 amide bonds. The molecule has 0 bridgehead atoms. The van der Waals surface area contributed by atoms with Crippen LogP contribution in [-0.2, 0) is 0 Å². The Morgan fingerprint density at radius 2 is 2.26 bits per heavy atom. The van der Waals surface area contributed by atoms with Gasteiger partial charge in [0.15, 0.2) is 0 Å². The maximum Gasteiger partial charge on any atom is 0.253 e. The molecule has 0 fully saturated rings. The lowest BCUT2D eigenvalue weighted by Crippen LogP contribution is -1.91. The molecule has 94 valence electrons. The molecule has 4 aromatic rings. The van der Waals surface area contributed by atoms with Crippen LogP contribution in [0.4, 0.5) is 5.95 Å². The van der Waals surface area contributed by atoms with Gasteiger partial charge in [0.1, 0.15) is 5.01 Å². The van der Waals surface area contributed by atoms with Crippen LogP contribution in [0.15, 0.2) is 29.8 Å². The van der Waals surface area contributed by atoms with E-state index >= 15 is 0 Å². The number of nitrogens with one attached hydrogen (secondary N) is 2. The van der Waals surface area contributed by atoms with Crippen molar-refractivity contribution in [2.24, 2.45) is 0 Å². The van der Waals surface area contributed by atoms with Gasteiger partial charge < -0.3 is 5.32 Å². The van der Waals surface area contributed by atoms with Crippen LogP contribution >= 0.6 is 11.3 Å². The molecule has 0 saturated carbocycles. The van der Waals surface area contributed by atoms with Crippen molar-refractivity contribution in [1.82, 2.24) is 24.6 Å². The Hall–Kier alpha value is -2.41. The van der Waals surface area contributed by atoms with Crippen molar-refractivity contribution in [1.29, 1.82) is 0 Å². The van der Waals surface area contributed by atoms with Gasteiger partial charge in [-0.3, -0.25) is 5.10 Å². The number of hydrogen-bond acceptors (Lipinski definition) is 5. The minimum Gasteiger partial charge on any atom is -0.358 e. The van der Waals surface area contributed by atoms with E-state index in [-0.39, 0.29) is 0 Å². The molecule has 0 aliphatic rings. The minimum absolute atomic E-state index is 0.663. The van der Waals surface area contributed by atoms with Gasteiger partial charge in [-0.15, -0.1) is 11.3 Å². The number of hydrogen-bond donors (Lipinski definition) is 2. The standard InChI is InChI=1S/C12H10N6S/c1-13-11-16-12-15-8-6-7(10-14-4-5-19-10)2-3-9(8)18(12)17-11/h2-6H,1H3,(H2,13,15,16,17). The molecule has 6 nitrogen and oxygen atoms in total. The zero-order valence-electron chi connectivity index (χ0n) is 10.1. The van der Waals surface area contributed by atoms with Gasteiger partial charge >= 0.3 is 0 Å². The maximum absolute atomic E-state index is 4.51. The molecule has 0 aliphatic heterocycles. The molecule has 4 rings (SSSR count). The van der Waals surface area contributed by atoms with Crippen molar-refractivity contribution in [3.63, 3.8) is 0 Å². The number of thiazole rings is 1. The number of aromatic amines is 1. The normalized spacial score (nSPS) is 11.4. The monoisotopic (exact) mass is 270 g/mol. The fraction of sp³-hybridized carbons (Fsp3) is 0.0833. The van der Waals surface area contributed by atoms with Gasteiger partial charge in [-0.05, 0) is 18.2 Å². The number of H-pyrrole nitrogens is 1. The third-order valence-electron chi connectivity index (χ3n) is 2.98. The number of rotatable bonds is 2. The number of imidazole rings is 1. The second kappa shape index (κ2) is 3.79. The number of fused-ring (bicyclic) bond motifs is 3. The van der Waals surface area contributed by atoms with Crippen LogP contribution in [0.1, 0.15) is 0 Å². The van der Waals surface area contributed by atoms with Gasteiger partial charge in [0.05, 0.1) is 11.0 Å². The van der Waals surface area contributed by atoms with E-state index in [4.69, 9.17) is 0 Å². The van der Waals surface area contributed by atoms with Crippen LogP contribution in [-0.4, -0.2) is 31.6 Å². The molecule has 0 spiro atoms. The maximum atomic E-state index is 4.51. The first kappa shape index (κ1) is 10.5. The molecule has 7 heteroatoms. The zero-order valence-corrected chi connectivity index (χ0v) is 10.9. The largest absolute Gasteiger partial charge is 0.358 e. The number of nitrogens with zero attached hydrogens (tertiary/aromatic N) is 4. The average Bonchev–Trinajstić information content (AvgIpc) is 3.13. The summed E-state index contributed by atoms with van der Waals surface area (Å²) in [6.07, 6.45) is 1.81. The molecular weight excluding hydrogens is 260 g/mol. The zero-order chi connectivity index (χ0) is 12.8. The fourth-order valence-corrected chi connectivity index (χ4v) is 2.73. The third-order valence-corrected chi connectivity index (χ3v) is 3.80. The predicted molar refractivity (Wildman–Crippen MR) is 75.5 cm³/mol. The first-order chi connectivity index (χ1) is 9.35. The number of aromatic nitrogens is 5. The molecule has 3 aromatic heterocycles. The SMILES string of the molecule is CNc1nc2nc3cc(-c4nccs4)ccc3n2[nH]1. The van der Waals surface area contributed by atoms with Gasteiger partial charge in [-0.2, -0.15) is 4.98 Å². The Balaban J connectivity index is 1.95. The number of benzene rings is 1. The van der Waals surface area contributed by atoms with Crippen molar-refractivity contribution in [3.8, 4) is 10.6 Å². The van der Waals surface area contributed by atoms with Crippen molar-refractivity contribution < 1.29 is 0 Å². The Morgan fingerprint density at radius 1 is 1.32 bits per heavy atom. The van der Waals surface area contributed by atoms with Crippen LogP contribution in [0, 0.1) is 0 Å². The second-order valence-corrected chi connectivity index (χ2v) is 5.00. The molecule has 0 unspecified atom stereocenters. The van der Waals surface area contributed by atoms with E-state index in [9.17, 15) is 0 Å². The highest BCUT2D eigenvalue weighted by Gasteiger charge is 2.10. The fourth-order valence-electron chi connectivity index (χ4n) is 2.09. The van der Waals surface area contributed by atoms with Gasteiger partial charge in [-0.1, -0.05) is 0 Å². The second-order valence-electron chi connectivity index (χ2n) is 4.11. The number of anilines is 1. The molecule has 0 radical (unpaired) electrons. The molecule has 19 heavy (non-hydrogen) atoms. The van der Waals surface area contributed by atoms with Crippen molar-refractivity contribution in [3.05, 3.63) is 29.8 Å². The Bertz CT molecular complexity index is 857. The van der Waals surface area contributed by atoms with E-state index in [1.165, 1.54) is 0 Å². The smallest absolute Gasteiger partial charge is 0.253 e. The molecule has 0 atom stereocenters. The Labute approximate surface area is 112 Å². The summed E-state index contributed by atoms with van der Waals surface area (Å²) in [5.74, 6) is 1.36. The molecular formula is C12H10N6S. The Morgan fingerprint density at radius 3 is 3.05 bits per heavy atom. The minimum atomic E-state index is 0.663. The lowest BCUT2D eigenvalue weighted by atomic mass is 10.2.